The lowest BCUT2D eigenvalue weighted by Gasteiger charge is -2.38. The minimum absolute atomic E-state index is 0.0469. The highest BCUT2D eigenvalue weighted by Gasteiger charge is 2.25. The summed E-state index contributed by atoms with van der Waals surface area (Å²) in [6.07, 6.45) is 2.17. The third-order valence-corrected chi connectivity index (χ3v) is 3.03. The first-order valence-electron chi connectivity index (χ1n) is 5.26. The summed E-state index contributed by atoms with van der Waals surface area (Å²) in [5, 5.41) is 0. The van der Waals surface area contributed by atoms with E-state index in [1.165, 1.54) is 5.69 Å². The summed E-state index contributed by atoms with van der Waals surface area (Å²) < 4.78 is 0. The molecule has 1 aliphatic heterocycles. The van der Waals surface area contributed by atoms with E-state index in [1.807, 2.05) is 0 Å². The molecule has 0 atom stereocenters. The van der Waals surface area contributed by atoms with Gasteiger partial charge in [0.05, 0.1) is 0 Å². The van der Waals surface area contributed by atoms with Crippen molar-refractivity contribution in [2.75, 3.05) is 18.0 Å². The van der Waals surface area contributed by atoms with Crippen molar-refractivity contribution < 1.29 is 0 Å². The molecule has 2 nitrogen and oxygen atoms in total. The molecular weight excluding hydrogens is 172 g/mol. The van der Waals surface area contributed by atoms with E-state index < -0.39 is 0 Å². The third-order valence-electron chi connectivity index (χ3n) is 3.03. The number of anilines is 1. The number of hydrogen-bond acceptors (Lipinski definition) is 2. The van der Waals surface area contributed by atoms with Gasteiger partial charge in [-0.3, -0.25) is 0 Å². The highest BCUT2D eigenvalue weighted by atomic mass is 15.1. The summed E-state index contributed by atoms with van der Waals surface area (Å²) in [7, 11) is 0. The highest BCUT2D eigenvalue weighted by molar-refractivity contribution is 5.46. The molecule has 2 heteroatoms. The van der Waals surface area contributed by atoms with Crippen LogP contribution in [-0.4, -0.2) is 18.6 Å². The number of nitrogens with two attached hydrogens (primary N) is 1. The predicted octanol–water partition coefficient (Wildman–Crippen LogP) is 2.00. The molecule has 0 bridgehead atoms. The zero-order valence-electron chi connectivity index (χ0n) is 8.74. The Hall–Kier alpha value is -1.02. The average molecular weight is 190 g/mol. The van der Waals surface area contributed by atoms with Crippen molar-refractivity contribution in [3.05, 3.63) is 30.3 Å². The van der Waals surface area contributed by atoms with Gasteiger partial charge in [-0.25, -0.2) is 0 Å². The largest absolute Gasteiger partial charge is 0.371 e. The van der Waals surface area contributed by atoms with Gasteiger partial charge in [0, 0.05) is 24.3 Å². The summed E-state index contributed by atoms with van der Waals surface area (Å²) in [5.41, 5.74) is 7.46. The summed E-state index contributed by atoms with van der Waals surface area (Å²) in [6.45, 7) is 4.31. The topological polar surface area (TPSA) is 29.3 Å². The molecule has 0 aromatic heterocycles. The maximum atomic E-state index is 6.09. The molecule has 0 aliphatic carbocycles. The fourth-order valence-corrected chi connectivity index (χ4v) is 1.91. The molecule has 1 aromatic carbocycles. The Balaban J connectivity index is 2.03. The normalized spacial score (nSPS) is 20.9. The van der Waals surface area contributed by atoms with Crippen molar-refractivity contribution in [1.29, 1.82) is 0 Å². The number of nitrogens with zero attached hydrogens (tertiary/aromatic N) is 1. The maximum absolute atomic E-state index is 6.09. The van der Waals surface area contributed by atoms with E-state index in [0.29, 0.717) is 0 Å². The van der Waals surface area contributed by atoms with Gasteiger partial charge in [-0.2, -0.15) is 0 Å². The Bertz CT molecular complexity index is 282. The molecule has 14 heavy (non-hydrogen) atoms. The Morgan fingerprint density at radius 2 is 1.71 bits per heavy atom. The summed E-state index contributed by atoms with van der Waals surface area (Å²) in [6, 6.07) is 10.6. The molecule has 0 radical (unpaired) electrons. The van der Waals surface area contributed by atoms with Crippen LogP contribution >= 0.6 is 0 Å². The van der Waals surface area contributed by atoms with Crippen LogP contribution < -0.4 is 10.6 Å². The molecule has 76 valence electrons. The number of benzene rings is 1. The molecule has 1 fully saturated rings. The van der Waals surface area contributed by atoms with Crippen LogP contribution in [0, 0.1) is 0 Å². The van der Waals surface area contributed by atoms with Gasteiger partial charge in [0.15, 0.2) is 0 Å². The van der Waals surface area contributed by atoms with Gasteiger partial charge in [0.2, 0.25) is 0 Å². The fraction of sp³-hybridized carbons (Fsp3) is 0.500. The fourth-order valence-electron chi connectivity index (χ4n) is 1.91. The Kier molecular flexibility index (Phi) is 2.46. The number of rotatable bonds is 1. The van der Waals surface area contributed by atoms with E-state index >= 15 is 0 Å². The Labute approximate surface area is 85.7 Å². The van der Waals surface area contributed by atoms with E-state index in [-0.39, 0.29) is 5.54 Å². The molecule has 1 heterocycles. The SMILES string of the molecule is CC1(N)CCN(c2ccccc2)CC1. The van der Waals surface area contributed by atoms with Crippen molar-refractivity contribution in [2.45, 2.75) is 25.3 Å². The molecular formula is C12H18N2. The third kappa shape index (κ3) is 2.07. The Morgan fingerprint density at radius 3 is 2.29 bits per heavy atom. The van der Waals surface area contributed by atoms with Crippen molar-refractivity contribution in [3.8, 4) is 0 Å². The van der Waals surface area contributed by atoms with Crippen molar-refractivity contribution >= 4 is 5.69 Å². The number of piperidine rings is 1. The second-order valence-electron chi connectivity index (χ2n) is 4.48. The van der Waals surface area contributed by atoms with E-state index in [9.17, 15) is 0 Å². The maximum Gasteiger partial charge on any atom is 0.0366 e. The van der Waals surface area contributed by atoms with Crippen LogP contribution in [0.3, 0.4) is 0 Å². The van der Waals surface area contributed by atoms with Crippen LogP contribution in [0.25, 0.3) is 0 Å². The van der Waals surface area contributed by atoms with Gasteiger partial charge >= 0.3 is 0 Å². The van der Waals surface area contributed by atoms with Crippen LogP contribution in [0.1, 0.15) is 19.8 Å². The van der Waals surface area contributed by atoms with Crippen LogP contribution in [-0.2, 0) is 0 Å². The highest BCUT2D eigenvalue weighted by Crippen LogP contribution is 2.23. The lowest BCUT2D eigenvalue weighted by atomic mass is 9.91. The Morgan fingerprint density at radius 1 is 1.14 bits per heavy atom. The molecule has 2 N–H and O–H groups in total. The minimum atomic E-state index is 0.0469. The van der Waals surface area contributed by atoms with Crippen LogP contribution in [0.5, 0.6) is 0 Å². The first-order valence-corrected chi connectivity index (χ1v) is 5.26. The molecule has 0 amide bonds. The van der Waals surface area contributed by atoms with E-state index in [1.54, 1.807) is 0 Å². The van der Waals surface area contributed by atoms with Gasteiger partial charge < -0.3 is 10.6 Å². The molecule has 0 saturated carbocycles. The second kappa shape index (κ2) is 3.62. The molecule has 2 rings (SSSR count). The molecule has 0 unspecified atom stereocenters. The quantitative estimate of drug-likeness (QED) is 0.734. The van der Waals surface area contributed by atoms with Crippen molar-refractivity contribution in [1.82, 2.24) is 0 Å². The van der Waals surface area contributed by atoms with Crippen molar-refractivity contribution in [2.24, 2.45) is 5.73 Å². The lowest BCUT2D eigenvalue weighted by Crippen LogP contribution is -2.48. The van der Waals surface area contributed by atoms with Gasteiger partial charge in [0.1, 0.15) is 0 Å². The molecule has 0 spiro atoms. The first-order chi connectivity index (χ1) is 6.67. The van der Waals surface area contributed by atoms with Crippen LogP contribution in [0.4, 0.5) is 5.69 Å². The zero-order chi connectivity index (χ0) is 10.0. The second-order valence-corrected chi connectivity index (χ2v) is 4.48. The molecule has 1 saturated heterocycles. The van der Waals surface area contributed by atoms with Gasteiger partial charge in [0.25, 0.3) is 0 Å². The van der Waals surface area contributed by atoms with Crippen LogP contribution in [0.2, 0.25) is 0 Å². The van der Waals surface area contributed by atoms with Gasteiger partial charge in [-0.05, 0) is 31.9 Å². The van der Waals surface area contributed by atoms with E-state index in [0.717, 1.165) is 25.9 Å². The monoisotopic (exact) mass is 190 g/mol. The first kappa shape index (κ1) is 9.53. The summed E-state index contributed by atoms with van der Waals surface area (Å²) in [4.78, 5) is 2.41. The predicted molar refractivity (Wildman–Crippen MR) is 60.5 cm³/mol. The van der Waals surface area contributed by atoms with Crippen LogP contribution in [0.15, 0.2) is 30.3 Å². The minimum Gasteiger partial charge on any atom is -0.371 e. The van der Waals surface area contributed by atoms with E-state index in [2.05, 4.69) is 42.2 Å². The molecule has 1 aliphatic rings. The summed E-state index contributed by atoms with van der Waals surface area (Å²) in [5.74, 6) is 0. The molecule has 1 aromatic rings. The zero-order valence-corrected chi connectivity index (χ0v) is 8.74. The standard InChI is InChI=1S/C12H18N2/c1-12(13)7-9-14(10-8-12)11-5-3-2-4-6-11/h2-6H,7-10,13H2,1H3. The van der Waals surface area contributed by atoms with Gasteiger partial charge in [-0.1, -0.05) is 18.2 Å². The number of hydrogen-bond donors (Lipinski definition) is 1. The summed E-state index contributed by atoms with van der Waals surface area (Å²) >= 11 is 0. The van der Waals surface area contributed by atoms with E-state index in [4.69, 9.17) is 5.73 Å². The average Bonchev–Trinajstić information content (AvgIpc) is 2.19. The smallest absolute Gasteiger partial charge is 0.0366 e. The number of para-hydroxylation sites is 1. The lowest BCUT2D eigenvalue weighted by molar-refractivity contribution is 0.364. The van der Waals surface area contributed by atoms with Gasteiger partial charge in [-0.15, -0.1) is 0 Å². The van der Waals surface area contributed by atoms with Crippen molar-refractivity contribution in [3.63, 3.8) is 0 Å².